The molecule has 0 amide bonds. The van der Waals surface area contributed by atoms with Gasteiger partial charge in [-0.05, 0) is 20.8 Å². The van der Waals surface area contributed by atoms with E-state index in [-0.39, 0.29) is 11.0 Å². The minimum Gasteiger partial charge on any atom is -0.478 e. The highest BCUT2D eigenvalue weighted by molar-refractivity contribution is 5.84. The SMILES string of the molecule is C=C(C)C.C=C(C)C(=O)O.O. The maximum Gasteiger partial charge on any atom is 0.330 e. The lowest BCUT2D eigenvalue weighted by atomic mass is 10.4. The van der Waals surface area contributed by atoms with E-state index in [1.807, 2.05) is 13.8 Å². The van der Waals surface area contributed by atoms with Crippen LogP contribution in [-0.2, 0) is 4.79 Å². The summed E-state index contributed by atoms with van der Waals surface area (Å²) in [5.74, 6) is -0.935. The van der Waals surface area contributed by atoms with Crippen molar-refractivity contribution in [1.29, 1.82) is 0 Å². The van der Waals surface area contributed by atoms with Crippen LogP contribution in [0.25, 0.3) is 0 Å². The summed E-state index contributed by atoms with van der Waals surface area (Å²) in [5.41, 5.74) is 1.34. The van der Waals surface area contributed by atoms with Gasteiger partial charge in [0.15, 0.2) is 0 Å². The first-order valence-corrected chi connectivity index (χ1v) is 2.88. The highest BCUT2D eigenvalue weighted by Gasteiger charge is 1.90. The van der Waals surface area contributed by atoms with Crippen LogP contribution in [0, 0.1) is 0 Å². The molecular weight excluding hydrogens is 144 g/mol. The molecule has 0 radical (unpaired) electrons. The molecule has 0 heterocycles. The summed E-state index contributed by atoms with van der Waals surface area (Å²) in [4.78, 5) is 9.60. The highest BCUT2D eigenvalue weighted by atomic mass is 16.4. The fourth-order valence-electron chi connectivity index (χ4n) is 0. The number of carboxylic acid groups (broad SMARTS) is 1. The van der Waals surface area contributed by atoms with Gasteiger partial charge >= 0.3 is 5.97 Å². The molecule has 0 aromatic heterocycles. The fraction of sp³-hybridized carbons (Fsp3) is 0.375. The van der Waals surface area contributed by atoms with Gasteiger partial charge in [0.25, 0.3) is 0 Å². The number of carboxylic acids is 1. The van der Waals surface area contributed by atoms with Gasteiger partial charge in [0, 0.05) is 5.57 Å². The third-order valence-corrected chi connectivity index (χ3v) is 0.365. The minimum atomic E-state index is -0.935. The molecule has 0 aliphatic carbocycles. The Bertz CT molecular complexity index is 131. The summed E-state index contributed by atoms with van der Waals surface area (Å²) in [6.45, 7) is 12.1. The lowest BCUT2D eigenvalue weighted by molar-refractivity contribution is -0.132. The second-order valence-corrected chi connectivity index (χ2v) is 2.29. The predicted molar refractivity (Wildman–Crippen MR) is 46.6 cm³/mol. The molecule has 0 unspecified atom stereocenters. The van der Waals surface area contributed by atoms with Crippen molar-refractivity contribution in [1.82, 2.24) is 0 Å². The molecule has 0 bridgehead atoms. The summed E-state index contributed by atoms with van der Waals surface area (Å²) >= 11 is 0. The van der Waals surface area contributed by atoms with Gasteiger partial charge in [-0.1, -0.05) is 12.2 Å². The smallest absolute Gasteiger partial charge is 0.330 e. The van der Waals surface area contributed by atoms with Crippen LogP contribution in [0.5, 0.6) is 0 Å². The zero-order chi connectivity index (χ0) is 8.73. The minimum absolute atomic E-state index is 0. The second-order valence-electron chi connectivity index (χ2n) is 2.29. The number of carbonyl (C=O) groups is 1. The molecule has 0 aliphatic rings. The largest absolute Gasteiger partial charge is 0.478 e. The molecule has 3 heteroatoms. The van der Waals surface area contributed by atoms with Gasteiger partial charge in [0.1, 0.15) is 0 Å². The Morgan fingerprint density at radius 2 is 1.27 bits per heavy atom. The van der Waals surface area contributed by atoms with Crippen LogP contribution in [0.2, 0.25) is 0 Å². The van der Waals surface area contributed by atoms with Crippen molar-refractivity contribution in [3.05, 3.63) is 24.3 Å². The van der Waals surface area contributed by atoms with Gasteiger partial charge in [-0.2, -0.15) is 0 Å². The van der Waals surface area contributed by atoms with E-state index in [0.717, 1.165) is 0 Å². The Morgan fingerprint density at radius 3 is 1.27 bits per heavy atom. The number of hydrogen-bond donors (Lipinski definition) is 1. The van der Waals surface area contributed by atoms with Gasteiger partial charge in [0.05, 0.1) is 0 Å². The molecule has 3 N–H and O–H groups in total. The molecular formula is C8H16O3. The van der Waals surface area contributed by atoms with E-state index in [9.17, 15) is 4.79 Å². The van der Waals surface area contributed by atoms with Crippen LogP contribution in [0.15, 0.2) is 24.3 Å². The van der Waals surface area contributed by atoms with E-state index in [4.69, 9.17) is 5.11 Å². The summed E-state index contributed by atoms with van der Waals surface area (Å²) in [6.07, 6.45) is 0. The van der Waals surface area contributed by atoms with Crippen LogP contribution < -0.4 is 0 Å². The van der Waals surface area contributed by atoms with Crippen molar-refractivity contribution in [2.24, 2.45) is 0 Å². The van der Waals surface area contributed by atoms with E-state index in [2.05, 4.69) is 13.2 Å². The molecule has 3 nitrogen and oxygen atoms in total. The highest BCUT2D eigenvalue weighted by Crippen LogP contribution is 1.81. The van der Waals surface area contributed by atoms with Crippen LogP contribution in [0.1, 0.15) is 20.8 Å². The van der Waals surface area contributed by atoms with Gasteiger partial charge < -0.3 is 10.6 Å². The monoisotopic (exact) mass is 160 g/mol. The van der Waals surface area contributed by atoms with Crippen molar-refractivity contribution >= 4 is 5.97 Å². The first-order valence-electron chi connectivity index (χ1n) is 2.88. The molecule has 66 valence electrons. The Balaban J connectivity index is -0.000000114. The molecule has 0 aliphatic heterocycles. The quantitative estimate of drug-likeness (QED) is 0.465. The zero-order valence-corrected chi connectivity index (χ0v) is 7.27. The Kier molecular flexibility index (Phi) is 13.3. The van der Waals surface area contributed by atoms with Gasteiger partial charge in [-0.15, -0.1) is 6.58 Å². The van der Waals surface area contributed by atoms with Crippen LogP contribution in [0.3, 0.4) is 0 Å². The topological polar surface area (TPSA) is 68.8 Å². The zero-order valence-electron chi connectivity index (χ0n) is 7.27. The Labute approximate surface area is 67.4 Å². The molecule has 0 aromatic rings. The first-order chi connectivity index (χ1) is 4.37. The van der Waals surface area contributed by atoms with Gasteiger partial charge in [-0.25, -0.2) is 4.79 Å². The normalized spacial score (nSPS) is 6.45. The van der Waals surface area contributed by atoms with Gasteiger partial charge in [0.2, 0.25) is 0 Å². The van der Waals surface area contributed by atoms with E-state index in [1.54, 1.807) is 0 Å². The Morgan fingerprint density at radius 1 is 1.18 bits per heavy atom. The first kappa shape index (κ1) is 16.5. The lowest BCUT2D eigenvalue weighted by Crippen LogP contribution is -1.92. The number of hydrogen-bond acceptors (Lipinski definition) is 1. The van der Waals surface area contributed by atoms with E-state index >= 15 is 0 Å². The van der Waals surface area contributed by atoms with Crippen LogP contribution >= 0.6 is 0 Å². The second kappa shape index (κ2) is 8.91. The number of allylic oxidation sites excluding steroid dienone is 1. The molecule has 0 saturated heterocycles. The van der Waals surface area contributed by atoms with Crippen LogP contribution in [-0.4, -0.2) is 16.6 Å². The van der Waals surface area contributed by atoms with Crippen molar-refractivity contribution in [2.75, 3.05) is 0 Å². The third kappa shape index (κ3) is 50.2. The van der Waals surface area contributed by atoms with Gasteiger partial charge in [-0.3, -0.25) is 0 Å². The molecule has 0 fully saturated rings. The summed E-state index contributed by atoms with van der Waals surface area (Å²) in [5, 5.41) is 7.89. The molecule has 0 atom stereocenters. The summed E-state index contributed by atoms with van der Waals surface area (Å²) < 4.78 is 0. The third-order valence-electron chi connectivity index (χ3n) is 0.365. The van der Waals surface area contributed by atoms with E-state index in [0.29, 0.717) is 0 Å². The molecule has 0 saturated carbocycles. The van der Waals surface area contributed by atoms with E-state index < -0.39 is 5.97 Å². The molecule has 0 aromatic carbocycles. The van der Waals surface area contributed by atoms with Crippen molar-refractivity contribution in [3.8, 4) is 0 Å². The van der Waals surface area contributed by atoms with Crippen LogP contribution in [0.4, 0.5) is 0 Å². The maximum absolute atomic E-state index is 9.60. The molecule has 0 rings (SSSR count). The molecule has 11 heavy (non-hydrogen) atoms. The Hall–Kier alpha value is -1.09. The summed E-state index contributed by atoms with van der Waals surface area (Å²) in [7, 11) is 0. The van der Waals surface area contributed by atoms with E-state index in [1.165, 1.54) is 12.5 Å². The molecule has 0 spiro atoms. The average Bonchev–Trinajstić information content (AvgIpc) is 1.63. The van der Waals surface area contributed by atoms with Crippen molar-refractivity contribution in [2.45, 2.75) is 20.8 Å². The number of aliphatic carboxylic acids is 1. The predicted octanol–water partition coefficient (Wildman–Crippen LogP) is 1.40. The number of rotatable bonds is 1. The summed E-state index contributed by atoms with van der Waals surface area (Å²) in [6, 6.07) is 0. The average molecular weight is 160 g/mol. The standard InChI is InChI=1S/C4H6O2.C4H8.H2O/c1-3(2)4(5)6;1-4(2)3;/h1H2,2H3,(H,5,6);1H2,2-3H3;1H2. The van der Waals surface area contributed by atoms with Crippen molar-refractivity contribution in [3.63, 3.8) is 0 Å². The maximum atomic E-state index is 9.60. The fourth-order valence-corrected chi connectivity index (χ4v) is 0. The van der Waals surface area contributed by atoms with Crippen molar-refractivity contribution < 1.29 is 15.4 Å². The lowest BCUT2D eigenvalue weighted by Gasteiger charge is -1.79.